The molecule has 0 unspecified atom stereocenters. The zero-order chi connectivity index (χ0) is 9.07. The van der Waals surface area contributed by atoms with E-state index in [9.17, 15) is 4.79 Å². The lowest BCUT2D eigenvalue weighted by atomic mass is 10.1. The van der Waals surface area contributed by atoms with Crippen LogP contribution in [0.1, 0.15) is 13.8 Å². The molecular formula is C5H12N4OS. The Hall–Kier alpha value is -0.880. The highest BCUT2D eigenvalue weighted by Gasteiger charge is 2.24. The number of hydrogen-bond donors (Lipinski definition) is 4. The van der Waals surface area contributed by atoms with Crippen molar-refractivity contribution in [2.45, 2.75) is 19.4 Å². The lowest BCUT2D eigenvalue weighted by Gasteiger charge is -2.23. The van der Waals surface area contributed by atoms with Crippen molar-refractivity contribution in [3.05, 3.63) is 0 Å². The molecule has 1 amide bonds. The summed E-state index contributed by atoms with van der Waals surface area (Å²) in [6.07, 6.45) is 0. The number of nitrogens with one attached hydrogen (secondary N) is 2. The second-order valence-electron chi connectivity index (χ2n) is 2.59. The van der Waals surface area contributed by atoms with Crippen molar-refractivity contribution < 1.29 is 4.79 Å². The molecule has 0 aromatic heterocycles. The maximum atomic E-state index is 10.7. The van der Waals surface area contributed by atoms with E-state index in [1.54, 1.807) is 13.8 Å². The second-order valence-corrected chi connectivity index (χ2v) is 3.00. The molecule has 0 bridgehead atoms. The van der Waals surface area contributed by atoms with Crippen molar-refractivity contribution in [2.75, 3.05) is 0 Å². The largest absolute Gasteiger partial charge is 0.368 e. The van der Waals surface area contributed by atoms with Gasteiger partial charge in [-0.25, -0.2) is 5.84 Å². The van der Waals surface area contributed by atoms with Gasteiger partial charge in [-0.15, -0.1) is 0 Å². The smallest absolute Gasteiger partial charge is 0.242 e. The number of hydrogen-bond acceptors (Lipinski definition) is 3. The molecule has 6 heteroatoms. The highest BCUT2D eigenvalue weighted by atomic mass is 32.1. The standard InChI is InChI=1S/C5H12N4OS/c1-5(2,3(6)10)8-4(11)9-7/h7H2,1-2H3,(H2,6,10)(H2,8,9,11). The van der Waals surface area contributed by atoms with E-state index < -0.39 is 11.4 Å². The molecule has 0 radical (unpaired) electrons. The number of rotatable bonds is 2. The lowest BCUT2D eigenvalue weighted by molar-refractivity contribution is -0.122. The van der Waals surface area contributed by atoms with Crippen molar-refractivity contribution >= 4 is 23.2 Å². The van der Waals surface area contributed by atoms with Crippen LogP contribution in [0.5, 0.6) is 0 Å². The minimum absolute atomic E-state index is 0.189. The van der Waals surface area contributed by atoms with Crippen LogP contribution in [-0.2, 0) is 4.79 Å². The molecule has 0 heterocycles. The molecule has 0 aromatic rings. The summed E-state index contributed by atoms with van der Waals surface area (Å²) in [5, 5.41) is 2.81. The first-order chi connectivity index (χ1) is 4.90. The topological polar surface area (TPSA) is 93.2 Å². The molecule has 0 aliphatic carbocycles. The van der Waals surface area contributed by atoms with Gasteiger partial charge < -0.3 is 16.5 Å². The Morgan fingerprint density at radius 3 is 2.27 bits per heavy atom. The summed E-state index contributed by atoms with van der Waals surface area (Å²) >= 11 is 4.67. The lowest BCUT2D eigenvalue weighted by Crippen LogP contribution is -2.56. The third kappa shape index (κ3) is 3.15. The van der Waals surface area contributed by atoms with Gasteiger partial charge in [-0.05, 0) is 26.1 Å². The molecule has 0 aliphatic rings. The summed E-state index contributed by atoms with van der Waals surface area (Å²) in [5.74, 6) is 4.48. The molecule has 0 fully saturated rings. The summed E-state index contributed by atoms with van der Waals surface area (Å²) < 4.78 is 0. The van der Waals surface area contributed by atoms with E-state index >= 15 is 0 Å². The average Bonchev–Trinajstić information content (AvgIpc) is 1.86. The predicted octanol–water partition coefficient (Wildman–Crippen LogP) is -1.41. The van der Waals surface area contributed by atoms with E-state index in [-0.39, 0.29) is 5.11 Å². The molecule has 64 valence electrons. The fourth-order valence-electron chi connectivity index (χ4n) is 0.382. The van der Waals surface area contributed by atoms with E-state index in [2.05, 4.69) is 23.0 Å². The van der Waals surface area contributed by atoms with E-state index in [0.29, 0.717) is 0 Å². The van der Waals surface area contributed by atoms with Gasteiger partial charge in [-0.2, -0.15) is 0 Å². The highest BCUT2D eigenvalue weighted by molar-refractivity contribution is 7.80. The Balaban J connectivity index is 4.12. The molecule has 0 atom stereocenters. The van der Waals surface area contributed by atoms with Crippen LogP contribution in [0.3, 0.4) is 0 Å². The minimum atomic E-state index is -0.872. The van der Waals surface area contributed by atoms with Gasteiger partial charge in [0.15, 0.2) is 5.11 Å². The van der Waals surface area contributed by atoms with Gasteiger partial charge in [0, 0.05) is 0 Å². The fourth-order valence-corrected chi connectivity index (χ4v) is 0.637. The maximum Gasteiger partial charge on any atom is 0.242 e. The zero-order valence-electron chi connectivity index (χ0n) is 6.47. The van der Waals surface area contributed by atoms with E-state index in [1.165, 1.54) is 0 Å². The van der Waals surface area contributed by atoms with Gasteiger partial charge in [-0.3, -0.25) is 4.79 Å². The summed E-state index contributed by atoms with van der Waals surface area (Å²) in [6, 6.07) is 0. The number of thiocarbonyl (C=S) groups is 1. The zero-order valence-corrected chi connectivity index (χ0v) is 7.29. The number of carbonyl (C=O) groups is 1. The number of nitrogens with two attached hydrogens (primary N) is 2. The normalized spacial score (nSPS) is 10.5. The molecule has 6 N–H and O–H groups in total. The minimum Gasteiger partial charge on any atom is -0.368 e. The van der Waals surface area contributed by atoms with Crippen molar-refractivity contribution in [1.29, 1.82) is 0 Å². The first kappa shape index (κ1) is 10.1. The Labute approximate surface area is 70.5 Å². The van der Waals surface area contributed by atoms with Gasteiger partial charge in [0.25, 0.3) is 0 Å². The molecule has 5 nitrogen and oxygen atoms in total. The molecule has 0 saturated carbocycles. The first-order valence-corrected chi connectivity index (χ1v) is 3.39. The maximum absolute atomic E-state index is 10.7. The van der Waals surface area contributed by atoms with Gasteiger partial charge in [-0.1, -0.05) is 0 Å². The molecule has 0 rings (SSSR count). The van der Waals surface area contributed by atoms with Gasteiger partial charge in [0.2, 0.25) is 5.91 Å². The number of primary amides is 1. The monoisotopic (exact) mass is 176 g/mol. The third-order valence-electron chi connectivity index (χ3n) is 1.17. The molecular weight excluding hydrogens is 164 g/mol. The molecule has 0 aromatic carbocycles. The van der Waals surface area contributed by atoms with Crippen molar-refractivity contribution in [3.63, 3.8) is 0 Å². The van der Waals surface area contributed by atoms with Crippen LogP contribution in [0.15, 0.2) is 0 Å². The third-order valence-corrected chi connectivity index (χ3v) is 1.39. The molecule has 0 aliphatic heterocycles. The predicted molar refractivity (Wildman–Crippen MR) is 46.3 cm³/mol. The molecule has 0 saturated heterocycles. The fraction of sp³-hybridized carbons (Fsp3) is 0.600. The van der Waals surface area contributed by atoms with Crippen molar-refractivity contribution in [1.82, 2.24) is 10.7 Å². The van der Waals surface area contributed by atoms with Crippen LogP contribution in [0, 0.1) is 0 Å². The second kappa shape index (κ2) is 3.49. The SMILES string of the molecule is CC(C)(NC(=S)NN)C(N)=O. The number of carbonyl (C=O) groups excluding carboxylic acids is 1. The van der Waals surface area contributed by atoms with E-state index in [0.717, 1.165) is 0 Å². The summed E-state index contributed by atoms with van der Waals surface area (Å²) in [5.41, 5.74) is 6.36. The summed E-state index contributed by atoms with van der Waals surface area (Å²) in [4.78, 5) is 10.7. The van der Waals surface area contributed by atoms with Crippen LogP contribution in [0.2, 0.25) is 0 Å². The Kier molecular flexibility index (Phi) is 3.21. The van der Waals surface area contributed by atoms with Gasteiger partial charge in [0.05, 0.1) is 0 Å². The van der Waals surface area contributed by atoms with Gasteiger partial charge >= 0.3 is 0 Å². The molecule has 0 spiro atoms. The Morgan fingerprint density at radius 1 is 1.55 bits per heavy atom. The highest BCUT2D eigenvalue weighted by Crippen LogP contribution is 1.98. The summed E-state index contributed by atoms with van der Waals surface area (Å²) in [7, 11) is 0. The quantitative estimate of drug-likeness (QED) is 0.235. The van der Waals surface area contributed by atoms with Crippen LogP contribution < -0.4 is 22.3 Å². The van der Waals surface area contributed by atoms with E-state index in [4.69, 9.17) is 11.6 Å². The van der Waals surface area contributed by atoms with E-state index in [1.807, 2.05) is 0 Å². The van der Waals surface area contributed by atoms with Crippen LogP contribution in [0.4, 0.5) is 0 Å². The van der Waals surface area contributed by atoms with Crippen molar-refractivity contribution in [2.24, 2.45) is 11.6 Å². The van der Waals surface area contributed by atoms with Crippen LogP contribution in [-0.4, -0.2) is 16.6 Å². The Bertz CT molecular complexity index is 179. The summed E-state index contributed by atoms with van der Waals surface area (Å²) in [6.45, 7) is 3.22. The van der Waals surface area contributed by atoms with Crippen LogP contribution >= 0.6 is 12.2 Å². The number of hydrazine groups is 1. The number of amides is 1. The first-order valence-electron chi connectivity index (χ1n) is 2.99. The van der Waals surface area contributed by atoms with Gasteiger partial charge in [0.1, 0.15) is 5.54 Å². The Morgan fingerprint density at radius 2 is 2.00 bits per heavy atom. The average molecular weight is 176 g/mol. The van der Waals surface area contributed by atoms with Crippen molar-refractivity contribution in [3.8, 4) is 0 Å². The van der Waals surface area contributed by atoms with Crippen LogP contribution in [0.25, 0.3) is 0 Å². The molecule has 11 heavy (non-hydrogen) atoms.